The van der Waals surface area contributed by atoms with Gasteiger partial charge in [0.15, 0.2) is 0 Å². The molecule has 0 saturated heterocycles. The zero-order valence-electron chi connectivity index (χ0n) is 7.14. The van der Waals surface area contributed by atoms with E-state index in [1.54, 1.807) is 11.8 Å². The molecular formula is C8H13NO3S. The fourth-order valence-corrected chi connectivity index (χ4v) is 2.13. The van der Waals surface area contributed by atoms with Gasteiger partial charge in [-0.25, -0.2) is 4.79 Å². The number of amides is 1. The van der Waals surface area contributed by atoms with E-state index in [-0.39, 0.29) is 5.25 Å². The molecule has 5 heteroatoms. The quantitative estimate of drug-likeness (QED) is 0.638. The smallest absolute Gasteiger partial charge is 0.404 e. The van der Waals surface area contributed by atoms with Crippen molar-refractivity contribution in [3.05, 3.63) is 11.5 Å². The summed E-state index contributed by atoms with van der Waals surface area (Å²) in [5, 5.41) is 22.3. The van der Waals surface area contributed by atoms with Gasteiger partial charge < -0.3 is 15.5 Å². The van der Waals surface area contributed by atoms with E-state index in [0.717, 1.165) is 6.42 Å². The van der Waals surface area contributed by atoms with Crippen LogP contribution in [0.3, 0.4) is 0 Å². The van der Waals surface area contributed by atoms with E-state index in [4.69, 9.17) is 5.11 Å². The van der Waals surface area contributed by atoms with Gasteiger partial charge in [0.05, 0.1) is 6.10 Å². The summed E-state index contributed by atoms with van der Waals surface area (Å²) in [4.78, 5) is 10.1. The molecule has 13 heavy (non-hydrogen) atoms. The first kappa shape index (κ1) is 10.4. The van der Waals surface area contributed by atoms with Crippen LogP contribution < -0.4 is 5.32 Å². The molecule has 0 aromatic heterocycles. The molecule has 1 aliphatic heterocycles. The van der Waals surface area contributed by atoms with Crippen molar-refractivity contribution < 1.29 is 15.0 Å². The predicted octanol–water partition coefficient (Wildman–Crippen LogP) is 1.02. The second-order valence-electron chi connectivity index (χ2n) is 2.87. The van der Waals surface area contributed by atoms with Crippen molar-refractivity contribution in [2.45, 2.75) is 24.2 Å². The minimum Gasteiger partial charge on any atom is -0.465 e. The average Bonchev–Trinajstić information content (AvgIpc) is 2.55. The third-order valence-corrected chi connectivity index (χ3v) is 3.07. The summed E-state index contributed by atoms with van der Waals surface area (Å²) in [5.74, 6) is 0. The molecule has 0 spiro atoms. The summed E-state index contributed by atoms with van der Waals surface area (Å²) in [6.07, 6.45) is 1.91. The van der Waals surface area contributed by atoms with Crippen molar-refractivity contribution in [3.8, 4) is 0 Å². The number of aliphatic hydroxyl groups excluding tert-OH is 1. The van der Waals surface area contributed by atoms with Crippen molar-refractivity contribution in [2.75, 3.05) is 6.54 Å². The van der Waals surface area contributed by atoms with Crippen molar-refractivity contribution >= 4 is 17.9 Å². The van der Waals surface area contributed by atoms with Crippen LogP contribution in [0.2, 0.25) is 0 Å². The molecule has 1 rings (SSSR count). The van der Waals surface area contributed by atoms with Crippen LogP contribution in [0.25, 0.3) is 0 Å². The van der Waals surface area contributed by atoms with E-state index in [1.165, 1.54) is 0 Å². The number of aliphatic hydroxyl groups is 1. The maximum atomic E-state index is 10.1. The molecule has 4 nitrogen and oxygen atoms in total. The van der Waals surface area contributed by atoms with E-state index in [1.807, 2.05) is 11.5 Å². The second kappa shape index (κ2) is 5.14. The zero-order chi connectivity index (χ0) is 9.68. The van der Waals surface area contributed by atoms with Crippen molar-refractivity contribution in [1.82, 2.24) is 5.32 Å². The fourth-order valence-electron chi connectivity index (χ4n) is 1.16. The van der Waals surface area contributed by atoms with Crippen LogP contribution in [0.15, 0.2) is 11.5 Å². The van der Waals surface area contributed by atoms with Gasteiger partial charge in [-0.05, 0) is 18.2 Å². The van der Waals surface area contributed by atoms with Gasteiger partial charge in [0, 0.05) is 11.8 Å². The zero-order valence-corrected chi connectivity index (χ0v) is 7.96. The highest BCUT2D eigenvalue weighted by atomic mass is 32.2. The van der Waals surface area contributed by atoms with Crippen molar-refractivity contribution in [3.63, 3.8) is 0 Å². The molecule has 0 fully saturated rings. The Bertz CT molecular complexity index is 200. The standard InChI is InChI=1S/C8H13NO3S/c10-6(3-4-9-8(11)12)7-2-1-5-13-7/h1,5-7,9-10H,2-4H2,(H,11,12). The third-order valence-electron chi connectivity index (χ3n) is 1.86. The fraction of sp³-hybridized carbons (Fsp3) is 0.625. The van der Waals surface area contributed by atoms with Gasteiger partial charge >= 0.3 is 6.09 Å². The minimum absolute atomic E-state index is 0.204. The Kier molecular flexibility index (Phi) is 4.11. The molecule has 1 amide bonds. The maximum Gasteiger partial charge on any atom is 0.404 e. The lowest BCUT2D eigenvalue weighted by molar-refractivity contribution is 0.158. The number of thioether (sulfide) groups is 1. The highest BCUT2D eigenvalue weighted by Gasteiger charge is 2.20. The van der Waals surface area contributed by atoms with E-state index in [9.17, 15) is 9.90 Å². The normalized spacial score (nSPS) is 23.0. The summed E-state index contributed by atoms with van der Waals surface area (Å²) < 4.78 is 0. The SMILES string of the molecule is O=C(O)NCCC(O)C1CC=CS1. The number of rotatable bonds is 4. The van der Waals surface area contributed by atoms with Crippen LogP contribution in [0.5, 0.6) is 0 Å². The van der Waals surface area contributed by atoms with E-state index in [2.05, 4.69) is 5.32 Å². The second-order valence-corrected chi connectivity index (χ2v) is 4.02. The molecular weight excluding hydrogens is 190 g/mol. The number of allylic oxidation sites excluding steroid dienone is 1. The van der Waals surface area contributed by atoms with Crippen LogP contribution in [0.1, 0.15) is 12.8 Å². The van der Waals surface area contributed by atoms with Crippen molar-refractivity contribution in [2.24, 2.45) is 0 Å². The third kappa shape index (κ3) is 3.69. The minimum atomic E-state index is -1.04. The molecule has 0 aromatic carbocycles. The van der Waals surface area contributed by atoms with E-state index < -0.39 is 12.2 Å². The molecule has 74 valence electrons. The average molecular weight is 203 g/mol. The van der Waals surface area contributed by atoms with Crippen LogP contribution in [-0.4, -0.2) is 34.2 Å². The molecule has 0 aromatic rings. The first-order valence-electron chi connectivity index (χ1n) is 4.15. The topological polar surface area (TPSA) is 69.6 Å². The molecule has 0 radical (unpaired) electrons. The van der Waals surface area contributed by atoms with E-state index >= 15 is 0 Å². The van der Waals surface area contributed by atoms with E-state index in [0.29, 0.717) is 13.0 Å². The highest BCUT2D eigenvalue weighted by molar-refractivity contribution is 8.03. The van der Waals surface area contributed by atoms with Crippen LogP contribution in [-0.2, 0) is 0 Å². The maximum absolute atomic E-state index is 10.1. The number of hydrogen-bond acceptors (Lipinski definition) is 3. The van der Waals surface area contributed by atoms with Crippen LogP contribution >= 0.6 is 11.8 Å². The lowest BCUT2D eigenvalue weighted by Gasteiger charge is -2.16. The molecule has 2 unspecified atom stereocenters. The Labute approximate surface area is 81.0 Å². The molecule has 3 N–H and O–H groups in total. The Hall–Kier alpha value is -0.680. The van der Waals surface area contributed by atoms with Crippen LogP contribution in [0.4, 0.5) is 4.79 Å². The summed E-state index contributed by atoms with van der Waals surface area (Å²) in [6.45, 7) is 0.313. The van der Waals surface area contributed by atoms with Gasteiger partial charge in [-0.1, -0.05) is 6.08 Å². The first-order chi connectivity index (χ1) is 6.20. The van der Waals surface area contributed by atoms with Gasteiger partial charge in [-0.3, -0.25) is 0 Å². The Morgan fingerprint density at radius 3 is 3.08 bits per heavy atom. The largest absolute Gasteiger partial charge is 0.465 e. The summed E-state index contributed by atoms with van der Waals surface area (Å²) in [5.41, 5.74) is 0. The lowest BCUT2D eigenvalue weighted by Crippen LogP contribution is -2.29. The van der Waals surface area contributed by atoms with Gasteiger partial charge in [0.25, 0.3) is 0 Å². The van der Waals surface area contributed by atoms with Gasteiger partial charge in [0.2, 0.25) is 0 Å². The van der Waals surface area contributed by atoms with Gasteiger partial charge in [-0.2, -0.15) is 0 Å². The molecule has 0 bridgehead atoms. The number of nitrogens with one attached hydrogen (secondary N) is 1. The number of carbonyl (C=O) groups is 1. The predicted molar refractivity (Wildman–Crippen MR) is 51.8 cm³/mol. The Balaban J connectivity index is 2.10. The molecule has 0 aliphatic carbocycles. The first-order valence-corrected chi connectivity index (χ1v) is 5.10. The molecule has 0 saturated carbocycles. The summed E-state index contributed by atoms with van der Waals surface area (Å²) in [6, 6.07) is 0. The van der Waals surface area contributed by atoms with Crippen molar-refractivity contribution in [1.29, 1.82) is 0 Å². The molecule has 1 aliphatic rings. The van der Waals surface area contributed by atoms with Gasteiger partial charge in [0.1, 0.15) is 0 Å². The number of hydrogen-bond donors (Lipinski definition) is 3. The van der Waals surface area contributed by atoms with Gasteiger partial charge in [-0.15, -0.1) is 11.8 Å². The lowest BCUT2D eigenvalue weighted by atomic mass is 10.1. The molecule has 1 heterocycles. The molecule has 2 atom stereocenters. The highest BCUT2D eigenvalue weighted by Crippen LogP contribution is 2.27. The number of carboxylic acid groups (broad SMARTS) is 1. The monoisotopic (exact) mass is 203 g/mol. The summed E-state index contributed by atoms with van der Waals surface area (Å²) in [7, 11) is 0. The Morgan fingerprint density at radius 1 is 1.77 bits per heavy atom. The summed E-state index contributed by atoms with van der Waals surface area (Å²) >= 11 is 1.60. The Morgan fingerprint density at radius 2 is 2.54 bits per heavy atom. The van der Waals surface area contributed by atoms with Crippen LogP contribution in [0, 0.1) is 0 Å².